The van der Waals surface area contributed by atoms with Crippen LogP contribution in [0.5, 0.6) is 0 Å². The van der Waals surface area contributed by atoms with Crippen LogP contribution in [0.1, 0.15) is 73.6 Å². The summed E-state index contributed by atoms with van der Waals surface area (Å²) in [6.07, 6.45) is 2.73. The highest BCUT2D eigenvalue weighted by molar-refractivity contribution is 5.26. The van der Waals surface area contributed by atoms with Crippen molar-refractivity contribution in [2.75, 3.05) is 0 Å². The minimum atomic E-state index is -4.49. The molecule has 180 valence electrons. The van der Waals surface area contributed by atoms with Crippen molar-refractivity contribution in [3.63, 3.8) is 0 Å². The van der Waals surface area contributed by atoms with Crippen LogP contribution >= 0.6 is 0 Å². The zero-order chi connectivity index (χ0) is 23.9. The van der Waals surface area contributed by atoms with Crippen LogP contribution in [0.15, 0.2) is 60.7 Å². The quantitative estimate of drug-likeness (QED) is 0.265. The van der Waals surface area contributed by atoms with Gasteiger partial charge >= 0.3 is 12.3 Å². The Bertz CT molecular complexity index is 876. The average molecular weight is 467 g/mol. The Morgan fingerprint density at radius 3 is 2.03 bits per heavy atom. The summed E-state index contributed by atoms with van der Waals surface area (Å²) >= 11 is 0. The summed E-state index contributed by atoms with van der Waals surface area (Å²) in [4.78, 5) is 0. The molecule has 1 aliphatic carbocycles. The Morgan fingerprint density at radius 1 is 0.848 bits per heavy atom. The van der Waals surface area contributed by atoms with Gasteiger partial charge in [0.15, 0.2) is 0 Å². The fourth-order valence-corrected chi connectivity index (χ4v) is 4.46. The lowest BCUT2D eigenvalue weighted by atomic mass is 9.77. The first kappa shape index (κ1) is 25.4. The van der Waals surface area contributed by atoms with Crippen molar-refractivity contribution in [1.29, 1.82) is 0 Å². The van der Waals surface area contributed by atoms with Crippen molar-refractivity contribution in [2.24, 2.45) is 5.92 Å². The zero-order valence-electron chi connectivity index (χ0n) is 18.9. The number of ether oxygens (including phenoxy) is 1. The molecule has 0 N–H and O–H groups in total. The van der Waals surface area contributed by atoms with E-state index in [1.165, 1.54) is 24.8 Å². The molecule has 6 heteroatoms. The monoisotopic (exact) mass is 466 g/mol. The van der Waals surface area contributed by atoms with Crippen LogP contribution in [-0.2, 0) is 23.9 Å². The number of benzene rings is 2. The van der Waals surface area contributed by atoms with E-state index in [1.54, 1.807) is 0 Å². The number of hydrogen-bond acceptors (Lipinski definition) is 1. The Kier molecular flexibility index (Phi) is 8.69. The van der Waals surface area contributed by atoms with E-state index in [9.17, 15) is 22.0 Å². The van der Waals surface area contributed by atoms with E-state index in [0.29, 0.717) is 11.5 Å². The minimum absolute atomic E-state index is 0.0877. The van der Waals surface area contributed by atoms with Gasteiger partial charge < -0.3 is 4.74 Å². The van der Waals surface area contributed by atoms with Crippen LogP contribution in [0.2, 0.25) is 0 Å². The van der Waals surface area contributed by atoms with Gasteiger partial charge in [-0.15, -0.1) is 0 Å². The van der Waals surface area contributed by atoms with E-state index >= 15 is 0 Å². The summed E-state index contributed by atoms with van der Waals surface area (Å²) in [6.45, 7) is 1.79. The second-order valence-corrected chi connectivity index (χ2v) is 8.90. The minimum Gasteiger partial charge on any atom is -0.315 e. The van der Waals surface area contributed by atoms with Crippen molar-refractivity contribution in [1.82, 2.24) is 0 Å². The third-order valence-electron chi connectivity index (χ3n) is 6.42. The van der Waals surface area contributed by atoms with Crippen LogP contribution in [-0.4, -0.2) is 6.11 Å². The normalized spacial score (nSPS) is 19.8. The van der Waals surface area contributed by atoms with E-state index in [0.717, 1.165) is 49.4 Å². The van der Waals surface area contributed by atoms with Gasteiger partial charge in [0.2, 0.25) is 0 Å². The number of alkyl halides is 5. The van der Waals surface area contributed by atoms with Crippen LogP contribution < -0.4 is 0 Å². The molecule has 0 aromatic heterocycles. The van der Waals surface area contributed by atoms with Crippen molar-refractivity contribution >= 4 is 0 Å². The third kappa shape index (κ3) is 7.95. The highest BCUT2D eigenvalue weighted by Crippen LogP contribution is 2.38. The smallest absolute Gasteiger partial charge is 0.315 e. The largest absolute Gasteiger partial charge is 0.416 e. The summed E-state index contributed by atoms with van der Waals surface area (Å²) in [7, 11) is 0. The molecule has 1 aliphatic rings. The van der Waals surface area contributed by atoms with Gasteiger partial charge in [-0.1, -0.05) is 48.6 Å². The Labute approximate surface area is 192 Å². The second kappa shape index (κ2) is 11.3. The van der Waals surface area contributed by atoms with Crippen LogP contribution in [0.3, 0.4) is 0 Å². The Hall–Kier alpha value is -2.21. The molecule has 2 aromatic rings. The highest BCUT2D eigenvalue weighted by Gasteiger charge is 2.33. The molecule has 0 heterocycles. The molecule has 1 fully saturated rings. The lowest BCUT2D eigenvalue weighted by molar-refractivity contribution is -0.244. The number of halogens is 5. The molecule has 0 unspecified atom stereocenters. The van der Waals surface area contributed by atoms with E-state index in [1.807, 2.05) is 31.2 Å². The molecule has 33 heavy (non-hydrogen) atoms. The maximum Gasteiger partial charge on any atom is 0.416 e. The topological polar surface area (TPSA) is 9.23 Å². The Balaban J connectivity index is 1.47. The first-order valence-corrected chi connectivity index (χ1v) is 11.5. The van der Waals surface area contributed by atoms with Gasteiger partial charge in [0, 0.05) is 0 Å². The molecule has 0 amide bonds. The first-order chi connectivity index (χ1) is 15.7. The summed E-state index contributed by atoms with van der Waals surface area (Å²) in [5, 5.41) is 0. The number of hydrogen-bond donors (Lipinski definition) is 0. The molecule has 0 spiro atoms. The first-order valence-electron chi connectivity index (χ1n) is 11.5. The van der Waals surface area contributed by atoms with Crippen molar-refractivity contribution in [2.45, 2.75) is 76.7 Å². The van der Waals surface area contributed by atoms with E-state index in [2.05, 4.69) is 12.2 Å². The third-order valence-corrected chi connectivity index (χ3v) is 6.42. The maximum atomic E-state index is 14.2. The zero-order valence-corrected chi connectivity index (χ0v) is 18.9. The SMILES string of the molecule is C/C=C/CCC1CCC(c2ccc(COC(F)(F)Cc3ccc(C(F)(F)F)cc3)cc2)CC1. The molecule has 0 bridgehead atoms. The molecule has 0 aliphatic heterocycles. The van der Waals surface area contributed by atoms with Crippen LogP contribution in [0.25, 0.3) is 0 Å². The molecule has 1 saturated carbocycles. The van der Waals surface area contributed by atoms with Crippen molar-refractivity contribution < 1.29 is 26.7 Å². The predicted molar refractivity (Wildman–Crippen MR) is 120 cm³/mol. The highest BCUT2D eigenvalue weighted by atomic mass is 19.4. The molecule has 3 rings (SSSR count). The van der Waals surface area contributed by atoms with Gasteiger partial charge in [0.05, 0.1) is 18.6 Å². The van der Waals surface area contributed by atoms with Gasteiger partial charge in [-0.3, -0.25) is 0 Å². The summed E-state index contributed by atoms with van der Waals surface area (Å²) in [5.74, 6) is 1.30. The summed E-state index contributed by atoms with van der Waals surface area (Å²) in [5.41, 5.74) is 1.11. The maximum absolute atomic E-state index is 14.2. The summed E-state index contributed by atoms with van der Waals surface area (Å²) in [6, 6.07) is 11.4. The van der Waals surface area contributed by atoms with Crippen LogP contribution in [0, 0.1) is 5.92 Å². The lowest BCUT2D eigenvalue weighted by Crippen LogP contribution is -2.24. The molecule has 1 nitrogen and oxygen atoms in total. The number of rotatable bonds is 9. The molecule has 0 saturated heterocycles. The molecular weight excluding hydrogens is 435 g/mol. The van der Waals surface area contributed by atoms with Gasteiger partial charge in [-0.2, -0.15) is 22.0 Å². The van der Waals surface area contributed by atoms with Crippen molar-refractivity contribution in [3.05, 3.63) is 82.9 Å². The second-order valence-electron chi connectivity index (χ2n) is 8.90. The van der Waals surface area contributed by atoms with Gasteiger partial charge in [0.25, 0.3) is 0 Å². The summed E-state index contributed by atoms with van der Waals surface area (Å²) < 4.78 is 71.0. The van der Waals surface area contributed by atoms with E-state index < -0.39 is 24.3 Å². The fraction of sp³-hybridized carbons (Fsp3) is 0.481. The fourth-order valence-electron chi connectivity index (χ4n) is 4.46. The van der Waals surface area contributed by atoms with Crippen LogP contribution in [0.4, 0.5) is 22.0 Å². The van der Waals surface area contributed by atoms with E-state index in [4.69, 9.17) is 4.74 Å². The number of allylic oxidation sites excluding steroid dienone is 2. The Morgan fingerprint density at radius 2 is 1.45 bits per heavy atom. The predicted octanol–water partition coefficient (Wildman–Crippen LogP) is 8.69. The van der Waals surface area contributed by atoms with Gasteiger partial charge in [-0.25, -0.2) is 0 Å². The molecule has 0 radical (unpaired) electrons. The van der Waals surface area contributed by atoms with E-state index in [-0.39, 0.29) is 12.2 Å². The average Bonchev–Trinajstić information content (AvgIpc) is 2.78. The van der Waals surface area contributed by atoms with Gasteiger partial charge in [-0.05, 0) is 86.1 Å². The lowest BCUT2D eigenvalue weighted by Gasteiger charge is -2.28. The molecule has 2 aromatic carbocycles. The molecule has 0 atom stereocenters. The van der Waals surface area contributed by atoms with Crippen molar-refractivity contribution in [3.8, 4) is 0 Å². The molecular formula is C27H31F5O. The standard InChI is InChI=1S/C27H31F5O/c1-2-3-4-5-20-6-12-23(13-7-20)24-14-8-22(9-15-24)19-33-26(28,29)18-21-10-16-25(17-11-21)27(30,31)32/h2-3,8-11,14-17,20,23H,4-7,12-13,18-19H2,1H3/b3-2+. The van der Waals surface area contributed by atoms with Gasteiger partial charge in [0.1, 0.15) is 0 Å².